The number of Topliss-reactive ketones (excluding diaryl/α,β-unsaturated/α-hetero) is 1. The van der Waals surface area contributed by atoms with Crippen molar-refractivity contribution in [2.24, 2.45) is 0 Å². The van der Waals surface area contributed by atoms with E-state index < -0.39 is 17.7 Å². The summed E-state index contributed by atoms with van der Waals surface area (Å²) < 4.78 is 17.0. The van der Waals surface area contributed by atoms with Gasteiger partial charge >= 0.3 is 5.91 Å². The van der Waals surface area contributed by atoms with Crippen LogP contribution in [0.1, 0.15) is 30.5 Å². The van der Waals surface area contributed by atoms with E-state index in [2.05, 4.69) is 4.98 Å². The number of benzene rings is 3. The minimum absolute atomic E-state index is 0.104. The highest BCUT2D eigenvalue weighted by Gasteiger charge is 2.48. The van der Waals surface area contributed by atoms with Crippen molar-refractivity contribution >= 4 is 44.1 Å². The second kappa shape index (κ2) is 10.7. The average Bonchev–Trinajstić information content (AvgIpc) is 3.49. The molecular weight excluding hydrogens is 520 g/mol. The van der Waals surface area contributed by atoms with E-state index in [1.807, 2.05) is 6.92 Å². The number of hydrogen-bond acceptors (Lipinski definition) is 9. The Labute approximate surface area is 228 Å². The van der Waals surface area contributed by atoms with Crippen molar-refractivity contribution in [2.75, 3.05) is 25.7 Å². The molecule has 1 aliphatic rings. The second-order valence-electron chi connectivity index (χ2n) is 8.80. The Morgan fingerprint density at radius 1 is 1.00 bits per heavy atom. The van der Waals surface area contributed by atoms with E-state index in [1.54, 1.807) is 55.6 Å². The summed E-state index contributed by atoms with van der Waals surface area (Å²) in [5.74, 6) is -0.713. The first-order chi connectivity index (χ1) is 18.9. The molecule has 39 heavy (non-hydrogen) atoms. The smallest absolute Gasteiger partial charge is 0.301 e. The Hall–Kier alpha value is -4.57. The van der Waals surface area contributed by atoms with Crippen molar-refractivity contribution < 1.29 is 34.0 Å². The zero-order chi connectivity index (χ0) is 27.7. The fourth-order valence-electron chi connectivity index (χ4n) is 4.42. The fourth-order valence-corrected chi connectivity index (χ4v) is 5.44. The standard InChI is InChI=1S/C29H26N2O7S/c1-4-13-38-18-8-5-16(6-9-18)26(33)24-25(17-7-12-21(32)22(14-17)37-3)31(28(35)27(24)34)29-30-20-11-10-19(36-2)15-23(20)39-29/h5-12,14-15,25,32-33H,4,13H2,1-3H3/b26-24+. The zero-order valence-corrected chi connectivity index (χ0v) is 22.3. The number of phenols is 1. The van der Waals surface area contributed by atoms with Crippen molar-refractivity contribution in [3.63, 3.8) is 0 Å². The molecule has 0 saturated carbocycles. The molecular formula is C29H26N2O7S. The third kappa shape index (κ3) is 4.74. The van der Waals surface area contributed by atoms with Gasteiger partial charge in [-0.25, -0.2) is 4.98 Å². The van der Waals surface area contributed by atoms with Gasteiger partial charge in [-0.3, -0.25) is 14.5 Å². The number of anilines is 1. The molecule has 10 heteroatoms. The predicted octanol–water partition coefficient (Wildman–Crippen LogP) is 5.43. The van der Waals surface area contributed by atoms with Gasteiger partial charge in [0.1, 0.15) is 17.3 Å². The lowest BCUT2D eigenvalue weighted by molar-refractivity contribution is -0.132. The van der Waals surface area contributed by atoms with Gasteiger partial charge in [0.2, 0.25) is 0 Å². The monoisotopic (exact) mass is 546 g/mol. The van der Waals surface area contributed by atoms with Crippen LogP contribution in [0.5, 0.6) is 23.0 Å². The van der Waals surface area contributed by atoms with Crippen LogP contribution in [0, 0.1) is 0 Å². The summed E-state index contributed by atoms with van der Waals surface area (Å²) >= 11 is 1.22. The quantitative estimate of drug-likeness (QED) is 0.171. The summed E-state index contributed by atoms with van der Waals surface area (Å²) in [6.45, 7) is 2.55. The van der Waals surface area contributed by atoms with Gasteiger partial charge in [-0.1, -0.05) is 24.3 Å². The summed E-state index contributed by atoms with van der Waals surface area (Å²) in [6, 6.07) is 15.5. The van der Waals surface area contributed by atoms with Crippen LogP contribution >= 0.6 is 11.3 Å². The molecule has 1 atom stereocenters. The number of rotatable bonds is 8. The molecule has 1 amide bonds. The Morgan fingerprint density at radius 2 is 1.74 bits per heavy atom. The summed E-state index contributed by atoms with van der Waals surface area (Å²) in [4.78, 5) is 32.9. The van der Waals surface area contributed by atoms with Gasteiger partial charge in [0.25, 0.3) is 5.78 Å². The van der Waals surface area contributed by atoms with Crippen molar-refractivity contribution in [1.29, 1.82) is 0 Å². The van der Waals surface area contributed by atoms with E-state index in [0.717, 1.165) is 11.1 Å². The minimum Gasteiger partial charge on any atom is -0.507 e. The maximum atomic E-state index is 13.5. The van der Waals surface area contributed by atoms with Crippen LogP contribution in [0.25, 0.3) is 16.0 Å². The van der Waals surface area contributed by atoms with Crippen LogP contribution in [0.15, 0.2) is 66.2 Å². The highest BCUT2D eigenvalue weighted by Crippen LogP contribution is 2.46. The van der Waals surface area contributed by atoms with E-state index in [0.29, 0.717) is 34.7 Å². The van der Waals surface area contributed by atoms with Gasteiger partial charge in [-0.05, 0) is 66.6 Å². The topological polar surface area (TPSA) is 118 Å². The summed E-state index contributed by atoms with van der Waals surface area (Å²) in [6.07, 6.45) is 0.847. The number of ketones is 1. The number of aliphatic hydroxyl groups excluding tert-OH is 1. The molecule has 0 aliphatic carbocycles. The van der Waals surface area contributed by atoms with Crippen molar-refractivity contribution in [3.05, 3.63) is 77.4 Å². The van der Waals surface area contributed by atoms with Gasteiger partial charge in [-0.15, -0.1) is 0 Å². The number of methoxy groups -OCH3 is 2. The summed E-state index contributed by atoms with van der Waals surface area (Å²) in [5, 5.41) is 21.8. The minimum atomic E-state index is -1.03. The molecule has 0 spiro atoms. The lowest BCUT2D eigenvalue weighted by Crippen LogP contribution is -2.29. The number of amides is 1. The third-order valence-corrected chi connectivity index (χ3v) is 7.37. The molecule has 9 nitrogen and oxygen atoms in total. The normalized spacial score (nSPS) is 16.6. The average molecular weight is 547 g/mol. The first-order valence-electron chi connectivity index (χ1n) is 12.2. The number of ether oxygens (including phenoxy) is 3. The van der Waals surface area contributed by atoms with Gasteiger partial charge in [0.05, 0.1) is 42.7 Å². The summed E-state index contributed by atoms with van der Waals surface area (Å²) in [5.41, 5.74) is 1.32. The molecule has 1 fully saturated rings. The number of carbonyl (C=O) groups excluding carboxylic acids is 2. The Morgan fingerprint density at radius 3 is 2.44 bits per heavy atom. The van der Waals surface area contributed by atoms with E-state index >= 15 is 0 Å². The SMILES string of the molecule is CCCOc1ccc(/C(O)=C2\C(=O)C(=O)N(c3nc4ccc(OC)cc4s3)C2c2ccc(O)c(OC)c2)cc1. The Balaban J connectivity index is 1.67. The molecule has 2 N–H and O–H groups in total. The number of aliphatic hydroxyl groups is 1. The number of carbonyl (C=O) groups is 2. The number of aromatic nitrogens is 1. The van der Waals surface area contributed by atoms with Gasteiger partial charge in [0, 0.05) is 5.56 Å². The van der Waals surface area contributed by atoms with Crippen molar-refractivity contribution in [3.8, 4) is 23.0 Å². The number of nitrogens with zero attached hydrogens (tertiary/aromatic N) is 2. The number of hydrogen-bond donors (Lipinski definition) is 2. The fraction of sp³-hybridized carbons (Fsp3) is 0.207. The predicted molar refractivity (Wildman–Crippen MR) is 148 cm³/mol. The van der Waals surface area contributed by atoms with Crippen molar-refractivity contribution in [2.45, 2.75) is 19.4 Å². The maximum absolute atomic E-state index is 13.5. The second-order valence-corrected chi connectivity index (χ2v) is 9.81. The molecule has 200 valence electrons. The maximum Gasteiger partial charge on any atom is 0.301 e. The van der Waals surface area contributed by atoms with Gasteiger partial charge in [0.15, 0.2) is 16.6 Å². The van der Waals surface area contributed by atoms with Crippen LogP contribution in [-0.2, 0) is 9.59 Å². The van der Waals surface area contributed by atoms with Gasteiger partial charge in [-0.2, -0.15) is 0 Å². The van der Waals surface area contributed by atoms with E-state index in [-0.39, 0.29) is 28.0 Å². The summed E-state index contributed by atoms with van der Waals surface area (Å²) in [7, 11) is 2.96. The highest BCUT2D eigenvalue weighted by atomic mass is 32.1. The number of fused-ring (bicyclic) bond motifs is 1. The first kappa shape index (κ1) is 26.1. The number of thiazole rings is 1. The van der Waals surface area contributed by atoms with Crippen LogP contribution in [0.4, 0.5) is 5.13 Å². The molecule has 0 radical (unpaired) electrons. The Bertz CT molecular complexity index is 1590. The van der Waals surface area contributed by atoms with Crippen LogP contribution < -0.4 is 19.1 Å². The number of phenolic OH excluding ortho intramolecular Hbond substituents is 1. The Kier molecular flexibility index (Phi) is 7.12. The van der Waals surface area contributed by atoms with E-state index in [1.165, 1.54) is 35.5 Å². The third-order valence-electron chi connectivity index (χ3n) is 6.35. The number of aromatic hydroxyl groups is 1. The van der Waals surface area contributed by atoms with Gasteiger partial charge < -0.3 is 24.4 Å². The lowest BCUT2D eigenvalue weighted by atomic mass is 9.95. The lowest BCUT2D eigenvalue weighted by Gasteiger charge is -2.23. The first-order valence-corrected chi connectivity index (χ1v) is 13.0. The highest BCUT2D eigenvalue weighted by molar-refractivity contribution is 7.22. The molecule has 2 heterocycles. The molecule has 0 bridgehead atoms. The molecule has 1 aromatic heterocycles. The molecule has 4 aromatic rings. The van der Waals surface area contributed by atoms with E-state index in [4.69, 9.17) is 14.2 Å². The van der Waals surface area contributed by atoms with E-state index in [9.17, 15) is 19.8 Å². The van der Waals surface area contributed by atoms with Crippen LogP contribution in [-0.4, -0.2) is 47.7 Å². The molecule has 3 aromatic carbocycles. The molecule has 5 rings (SSSR count). The molecule has 1 saturated heterocycles. The largest absolute Gasteiger partial charge is 0.507 e. The van der Waals surface area contributed by atoms with Crippen LogP contribution in [0.3, 0.4) is 0 Å². The molecule has 1 aliphatic heterocycles. The van der Waals surface area contributed by atoms with Crippen molar-refractivity contribution in [1.82, 2.24) is 4.98 Å². The van der Waals surface area contributed by atoms with Crippen LogP contribution in [0.2, 0.25) is 0 Å². The zero-order valence-electron chi connectivity index (χ0n) is 21.5. The molecule has 1 unspecified atom stereocenters.